The first-order valence-electron chi connectivity index (χ1n) is 4.26. The zero-order chi connectivity index (χ0) is 10.5. The Labute approximate surface area is 79.7 Å². The Bertz CT molecular complexity index is 215. The fraction of sp³-hybridized carbons (Fsp3) is 0.700. The Morgan fingerprint density at radius 1 is 1.62 bits per heavy atom. The number of hydrogen-bond acceptors (Lipinski definition) is 2. The van der Waals surface area contributed by atoms with E-state index in [0.29, 0.717) is 12.8 Å². The van der Waals surface area contributed by atoms with Gasteiger partial charge in [0.1, 0.15) is 0 Å². The largest absolute Gasteiger partial charge is 0.394 e. The zero-order valence-electron chi connectivity index (χ0n) is 8.50. The van der Waals surface area contributed by atoms with Crippen LogP contribution in [0.2, 0.25) is 0 Å². The van der Waals surface area contributed by atoms with E-state index in [1.54, 1.807) is 20.9 Å². The Balaban J connectivity index is 4.18. The van der Waals surface area contributed by atoms with Gasteiger partial charge in [-0.15, -0.1) is 12.3 Å². The van der Waals surface area contributed by atoms with Gasteiger partial charge in [0.25, 0.3) is 0 Å². The van der Waals surface area contributed by atoms with Crippen LogP contribution in [-0.4, -0.2) is 35.1 Å². The van der Waals surface area contributed by atoms with Crippen molar-refractivity contribution in [1.29, 1.82) is 0 Å². The average molecular weight is 183 g/mol. The molecule has 3 heteroatoms. The lowest BCUT2D eigenvalue weighted by Crippen LogP contribution is -2.47. The van der Waals surface area contributed by atoms with Crippen LogP contribution in [0.15, 0.2) is 0 Å². The molecular weight excluding hydrogens is 166 g/mol. The highest BCUT2D eigenvalue weighted by Gasteiger charge is 2.25. The quantitative estimate of drug-likeness (QED) is 0.649. The van der Waals surface area contributed by atoms with E-state index in [4.69, 9.17) is 11.5 Å². The van der Waals surface area contributed by atoms with Crippen LogP contribution in [0.5, 0.6) is 0 Å². The summed E-state index contributed by atoms with van der Waals surface area (Å²) in [7, 11) is 1.68. The molecule has 0 aromatic heterocycles. The van der Waals surface area contributed by atoms with E-state index in [1.807, 2.05) is 0 Å². The van der Waals surface area contributed by atoms with Gasteiger partial charge in [-0.3, -0.25) is 4.79 Å². The molecule has 0 unspecified atom stereocenters. The van der Waals surface area contributed by atoms with Crippen LogP contribution in [0, 0.1) is 12.3 Å². The lowest BCUT2D eigenvalue weighted by Gasteiger charge is -2.33. The highest BCUT2D eigenvalue weighted by molar-refractivity contribution is 5.76. The summed E-state index contributed by atoms with van der Waals surface area (Å²) in [6.45, 7) is 3.56. The number of likely N-dealkylation sites (N-methyl/N-ethyl adjacent to an activating group) is 1. The van der Waals surface area contributed by atoms with E-state index in [-0.39, 0.29) is 12.5 Å². The van der Waals surface area contributed by atoms with Crippen molar-refractivity contribution in [2.45, 2.75) is 32.2 Å². The van der Waals surface area contributed by atoms with E-state index in [0.717, 1.165) is 0 Å². The van der Waals surface area contributed by atoms with E-state index < -0.39 is 5.54 Å². The van der Waals surface area contributed by atoms with Gasteiger partial charge in [-0.25, -0.2) is 0 Å². The second-order valence-corrected chi connectivity index (χ2v) is 3.63. The molecule has 0 aromatic rings. The predicted octanol–water partition coefficient (Wildman–Crippen LogP) is 0.629. The summed E-state index contributed by atoms with van der Waals surface area (Å²) < 4.78 is 0. The second-order valence-electron chi connectivity index (χ2n) is 3.63. The van der Waals surface area contributed by atoms with Gasteiger partial charge < -0.3 is 10.0 Å². The van der Waals surface area contributed by atoms with Crippen LogP contribution in [0.4, 0.5) is 0 Å². The molecule has 74 valence electrons. The second kappa shape index (κ2) is 4.88. The van der Waals surface area contributed by atoms with Gasteiger partial charge in [-0.1, -0.05) is 0 Å². The van der Waals surface area contributed by atoms with Crippen LogP contribution in [0.3, 0.4) is 0 Å². The van der Waals surface area contributed by atoms with Crippen molar-refractivity contribution in [3.63, 3.8) is 0 Å². The summed E-state index contributed by atoms with van der Waals surface area (Å²) in [5.74, 6) is 2.38. The number of nitrogens with zero attached hydrogens (tertiary/aromatic N) is 1. The van der Waals surface area contributed by atoms with Gasteiger partial charge in [0, 0.05) is 19.9 Å². The highest BCUT2D eigenvalue weighted by Crippen LogP contribution is 2.12. The maximum absolute atomic E-state index is 11.4. The smallest absolute Gasteiger partial charge is 0.223 e. The summed E-state index contributed by atoms with van der Waals surface area (Å²) in [5, 5.41) is 9.00. The molecule has 0 fully saturated rings. The van der Waals surface area contributed by atoms with Crippen LogP contribution in [0.25, 0.3) is 0 Å². The lowest BCUT2D eigenvalue weighted by molar-refractivity contribution is -0.135. The van der Waals surface area contributed by atoms with Crippen molar-refractivity contribution in [2.24, 2.45) is 0 Å². The first-order chi connectivity index (χ1) is 5.95. The molecule has 0 aliphatic heterocycles. The highest BCUT2D eigenvalue weighted by atomic mass is 16.3. The molecular formula is C10H17NO2. The standard InChI is InChI=1S/C10H17NO2/c1-5-6-7-9(13)11(4)10(2,3)8-12/h1,12H,6-8H2,2-4H3. The zero-order valence-corrected chi connectivity index (χ0v) is 8.50. The Morgan fingerprint density at radius 2 is 2.15 bits per heavy atom. The van der Waals surface area contributed by atoms with Crippen LogP contribution >= 0.6 is 0 Å². The van der Waals surface area contributed by atoms with E-state index in [1.165, 1.54) is 4.90 Å². The predicted molar refractivity (Wildman–Crippen MR) is 52.0 cm³/mol. The number of rotatable bonds is 4. The lowest BCUT2D eigenvalue weighted by atomic mass is 10.0. The molecule has 0 saturated heterocycles. The summed E-state index contributed by atoms with van der Waals surface area (Å²) in [5.41, 5.74) is -0.508. The van der Waals surface area contributed by atoms with Crippen molar-refractivity contribution >= 4 is 5.91 Å². The summed E-state index contributed by atoms with van der Waals surface area (Å²) in [4.78, 5) is 13.0. The molecule has 0 spiro atoms. The fourth-order valence-corrected chi connectivity index (χ4v) is 0.790. The molecule has 0 atom stereocenters. The third-order valence-electron chi connectivity index (χ3n) is 2.15. The molecule has 0 aliphatic rings. The van der Waals surface area contributed by atoms with Crippen molar-refractivity contribution in [1.82, 2.24) is 4.90 Å². The molecule has 0 radical (unpaired) electrons. The van der Waals surface area contributed by atoms with Gasteiger partial charge in [-0.2, -0.15) is 0 Å². The number of carbonyl (C=O) groups is 1. The molecule has 0 rings (SSSR count). The summed E-state index contributed by atoms with van der Waals surface area (Å²) in [6.07, 6.45) is 5.84. The molecule has 1 amide bonds. The summed E-state index contributed by atoms with van der Waals surface area (Å²) >= 11 is 0. The average Bonchev–Trinajstić information content (AvgIpc) is 2.12. The van der Waals surface area contributed by atoms with Crippen molar-refractivity contribution in [3.05, 3.63) is 0 Å². The topological polar surface area (TPSA) is 40.5 Å². The molecule has 0 heterocycles. The van der Waals surface area contributed by atoms with Crippen LogP contribution in [-0.2, 0) is 4.79 Å². The minimum atomic E-state index is -0.508. The van der Waals surface area contributed by atoms with Crippen LogP contribution in [0.1, 0.15) is 26.7 Å². The molecule has 0 bridgehead atoms. The number of aliphatic hydroxyl groups is 1. The van der Waals surface area contributed by atoms with Gasteiger partial charge in [-0.05, 0) is 13.8 Å². The maximum Gasteiger partial charge on any atom is 0.223 e. The molecule has 3 nitrogen and oxygen atoms in total. The van der Waals surface area contributed by atoms with E-state index >= 15 is 0 Å². The third-order valence-corrected chi connectivity index (χ3v) is 2.15. The maximum atomic E-state index is 11.4. The minimum absolute atomic E-state index is 0.0306. The SMILES string of the molecule is C#CCCC(=O)N(C)C(C)(C)CO. The molecule has 13 heavy (non-hydrogen) atoms. The Kier molecular flexibility index (Phi) is 4.50. The van der Waals surface area contributed by atoms with Gasteiger partial charge >= 0.3 is 0 Å². The van der Waals surface area contributed by atoms with E-state index in [2.05, 4.69) is 5.92 Å². The fourth-order valence-electron chi connectivity index (χ4n) is 0.790. The molecule has 0 aliphatic carbocycles. The first kappa shape index (κ1) is 12.0. The number of hydrogen-bond donors (Lipinski definition) is 1. The Hall–Kier alpha value is -1.01. The molecule has 1 N–H and O–H groups in total. The monoisotopic (exact) mass is 183 g/mol. The molecule has 0 aromatic carbocycles. The number of aliphatic hydroxyl groups excluding tert-OH is 1. The van der Waals surface area contributed by atoms with E-state index in [9.17, 15) is 4.79 Å². The number of amides is 1. The van der Waals surface area contributed by atoms with Crippen molar-refractivity contribution in [2.75, 3.05) is 13.7 Å². The normalized spacial score (nSPS) is 10.7. The first-order valence-corrected chi connectivity index (χ1v) is 4.26. The summed E-state index contributed by atoms with van der Waals surface area (Å²) in [6, 6.07) is 0. The van der Waals surface area contributed by atoms with Gasteiger partial charge in [0.05, 0.1) is 12.1 Å². The van der Waals surface area contributed by atoms with Gasteiger partial charge in [0.15, 0.2) is 0 Å². The van der Waals surface area contributed by atoms with Crippen molar-refractivity contribution in [3.8, 4) is 12.3 Å². The Morgan fingerprint density at radius 3 is 2.54 bits per heavy atom. The third kappa shape index (κ3) is 3.47. The minimum Gasteiger partial charge on any atom is -0.394 e. The van der Waals surface area contributed by atoms with Crippen molar-refractivity contribution < 1.29 is 9.90 Å². The molecule has 0 saturated carbocycles. The number of terminal acetylenes is 1. The van der Waals surface area contributed by atoms with Gasteiger partial charge in [0.2, 0.25) is 5.91 Å². The van der Waals surface area contributed by atoms with Crippen LogP contribution < -0.4 is 0 Å². The number of carbonyl (C=O) groups excluding carboxylic acids is 1.